The van der Waals surface area contributed by atoms with E-state index in [2.05, 4.69) is 5.10 Å². The van der Waals surface area contributed by atoms with Gasteiger partial charge in [0.2, 0.25) is 0 Å². The van der Waals surface area contributed by atoms with Crippen LogP contribution in [0, 0.1) is 0 Å². The topological polar surface area (TPSA) is 47.2 Å². The van der Waals surface area contributed by atoms with E-state index in [1.807, 2.05) is 36.6 Å². The summed E-state index contributed by atoms with van der Waals surface area (Å²) in [5.41, 5.74) is 2.12. The fourth-order valence-electron chi connectivity index (χ4n) is 3.08. The van der Waals surface area contributed by atoms with Gasteiger partial charge in [-0.3, -0.25) is 4.79 Å². The molecule has 1 aliphatic rings. The number of hydrogen-bond donors (Lipinski definition) is 0. The molecule has 0 N–H and O–H groups in total. The normalized spacial score (nSPS) is 14.4. The summed E-state index contributed by atoms with van der Waals surface area (Å²) >= 11 is 3.13. The molecule has 4 rings (SSSR count). The van der Waals surface area contributed by atoms with E-state index < -0.39 is 0 Å². The zero-order chi connectivity index (χ0) is 16.5. The van der Waals surface area contributed by atoms with Crippen LogP contribution in [-0.4, -0.2) is 22.1 Å². The molecule has 2 heterocycles. The maximum absolute atomic E-state index is 13.1. The number of aryl methyl sites for hydroxylation is 2. The van der Waals surface area contributed by atoms with Crippen LogP contribution in [0.3, 0.4) is 0 Å². The third-order valence-corrected chi connectivity index (χ3v) is 6.06. The lowest BCUT2D eigenvalue weighted by Gasteiger charge is -2.10. The smallest absolute Gasteiger partial charge is 0.267 e. The van der Waals surface area contributed by atoms with Crippen LogP contribution in [0.1, 0.15) is 28.8 Å². The van der Waals surface area contributed by atoms with Crippen LogP contribution < -0.4 is 5.56 Å². The first kappa shape index (κ1) is 15.6. The van der Waals surface area contributed by atoms with Gasteiger partial charge in [0.15, 0.2) is 5.16 Å². The number of thiophene rings is 1. The van der Waals surface area contributed by atoms with Crippen molar-refractivity contribution in [2.24, 2.45) is 5.10 Å². The number of thioether (sulfide) groups is 1. The van der Waals surface area contributed by atoms with E-state index in [4.69, 9.17) is 4.98 Å². The van der Waals surface area contributed by atoms with Crippen LogP contribution in [0.25, 0.3) is 10.2 Å². The average Bonchev–Trinajstić information content (AvgIpc) is 3.00. The Balaban J connectivity index is 1.89. The zero-order valence-corrected chi connectivity index (χ0v) is 15.0. The quantitative estimate of drug-likeness (QED) is 0.406. The van der Waals surface area contributed by atoms with Crippen LogP contribution in [0.2, 0.25) is 0 Å². The van der Waals surface area contributed by atoms with E-state index in [1.54, 1.807) is 17.6 Å². The SMILES string of the molecule is CSc1nc2sc3c(c2c(=O)n1/N=C/c1ccccc1)CCCC3. The lowest BCUT2D eigenvalue weighted by molar-refractivity contribution is 0.691. The van der Waals surface area contributed by atoms with Crippen LogP contribution in [-0.2, 0) is 12.8 Å². The van der Waals surface area contributed by atoms with Gasteiger partial charge in [0.25, 0.3) is 5.56 Å². The van der Waals surface area contributed by atoms with Gasteiger partial charge in [-0.2, -0.15) is 9.78 Å². The van der Waals surface area contributed by atoms with Crippen LogP contribution >= 0.6 is 23.1 Å². The molecule has 0 bridgehead atoms. The van der Waals surface area contributed by atoms with Gasteiger partial charge >= 0.3 is 0 Å². The van der Waals surface area contributed by atoms with Gasteiger partial charge < -0.3 is 0 Å². The van der Waals surface area contributed by atoms with Gasteiger partial charge in [0, 0.05) is 4.88 Å². The number of fused-ring (bicyclic) bond motifs is 3. The maximum atomic E-state index is 13.1. The summed E-state index contributed by atoms with van der Waals surface area (Å²) in [5.74, 6) is 0. The number of nitrogens with zero attached hydrogens (tertiary/aromatic N) is 3. The lowest BCUT2D eigenvalue weighted by Crippen LogP contribution is -2.20. The number of aromatic nitrogens is 2. The van der Waals surface area contributed by atoms with E-state index in [0.717, 1.165) is 35.0 Å². The predicted molar refractivity (Wildman–Crippen MR) is 102 cm³/mol. The van der Waals surface area contributed by atoms with E-state index in [0.29, 0.717) is 5.16 Å². The fourth-order valence-corrected chi connectivity index (χ4v) is 4.87. The molecule has 0 atom stereocenters. The highest BCUT2D eigenvalue weighted by Gasteiger charge is 2.21. The van der Waals surface area contributed by atoms with Gasteiger partial charge in [-0.1, -0.05) is 42.1 Å². The van der Waals surface area contributed by atoms with Crippen molar-refractivity contribution in [3.05, 3.63) is 56.7 Å². The van der Waals surface area contributed by atoms with E-state index >= 15 is 0 Å². The van der Waals surface area contributed by atoms with Gasteiger partial charge in [-0.05, 0) is 43.1 Å². The van der Waals surface area contributed by atoms with Crippen molar-refractivity contribution in [3.8, 4) is 0 Å². The van der Waals surface area contributed by atoms with Crippen LogP contribution in [0.4, 0.5) is 0 Å². The second-order valence-electron chi connectivity index (χ2n) is 5.76. The molecule has 0 saturated heterocycles. The Hall–Kier alpha value is -1.92. The zero-order valence-electron chi connectivity index (χ0n) is 13.4. The van der Waals surface area contributed by atoms with Gasteiger partial charge in [0.1, 0.15) is 4.83 Å². The molecule has 0 fully saturated rings. The molecule has 6 heteroatoms. The van der Waals surface area contributed by atoms with Gasteiger partial charge in [-0.25, -0.2) is 4.98 Å². The van der Waals surface area contributed by atoms with E-state index in [1.165, 1.54) is 33.3 Å². The average molecular weight is 355 g/mol. The number of benzene rings is 1. The minimum Gasteiger partial charge on any atom is -0.267 e. The summed E-state index contributed by atoms with van der Waals surface area (Å²) in [6, 6.07) is 9.80. The molecule has 0 radical (unpaired) electrons. The molecule has 122 valence electrons. The molecule has 4 nitrogen and oxygen atoms in total. The lowest BCUT2D eigenvalue weighted by atomic mass is 9.97. The molecule has 1 aliphatic carbocycles. The van der Waals surface area contributed by atoms with Crippen molar-refractivity contribution in [1.29, 1.82) is 0 Å². The molecule has 0 spiro atoms. The van der Waals surface area contributed by atoms with E-state index in [9.17, 15) is 4.79 Å². The standard InChI is InChI=1S/C18H17N3OS2/c1-23-18-20-16-15(13-9-5-6-10-14(13)24-16)17(22)21(18)19-11-12-7-3-2-4-8-12/h2-4,7-8,11H,5-6,9-10H2,1H3/b19-11+. The third kappa shape index (κ3) is 2.70. The Morgan fingerprint density at radius 1 is 1.25 bits per heavy atom. The summed E-state index contributed by atoms with van der Waals surface area (Å²) in [5, 5.41) is 5.84. The van der Waals surface area contributed by atoms with Crippen molar-refractivity contribution >= 4 is 39.5 Å². The monoisotopic (exact) mass is 355 g/mol. The van der Waals surface area contributed by atoms with Gasteiger partial charge in [-0.15, -0.1) is 11.3 Å². The van der Waals surface area contributed by atoms with Crippen molar-refractivity contribution in [2.75, 3.05) is 6.26 Å². The van der Waals surface area contributed by atoms with Crippen molar-refractivity contribution in [1.82, 2.24) is 9.66 Å². The predicted octanol–water partition coefficient (Wildman–Crippen LogP) is 3.94. The molecule has 24 heavy (non-hydrogen) atoms. The summed E-state index contributed by atoms with van der Waals surface area (Å²) < 4.78 is 1.45. The molecule has 2 aromatic heterocycles. The Kier molecular flexibility index (Phi) is 4.24. The third-order valence-electron chi connectivity index (χ3n) is 4.24. The Morgan fingerprint density at radius 2 is 2.04 bits per heavy atom. The number of rotatable bonds is 3. The summed E-state index contributed by atoms with van der Waals surface area (Å²) in [6.45, 7) is 0. The second kappa shape index (κ2) is 6.53. The summed E-state index contributed by atoms with van der Waals surface area (Å²) in [4.78, 5) is 20.0. The first-order valence-electron chi connectivity index (χ1n) is 7.98. The molecule has 0 amide bonds. The first-order valence-corrected chi connectivity index (χ1v) is 10.0. The molecule has 0 saturated carbocycles. The molecule has 0 unspecified atom stereocenters. The van der Waals surface area contributed by atoms with E-state index in [-0.39, 0.29) is 5.56 Å². The highest BCUT2D eigenvalue weighted by atomic mass is 32.2. The summed E-state index contributed by atoms with van der Waals surface area (Å²) in [6.07, 6.45) is 8.04. The Bertz CT molecular complexity index is 973. The Morgan fingerprint density at radius 3 is 2.83 bits per heavy atom. The van der Waals surface area contributed by atoms with Crippen molar-refractivity contribution in [2.45, 2.75) is 30.8 Å². The molecule has 1 aromatic carbocycles. The molecule has 0 aliphatic heterocycles. The highest BCUT2D eigenvalue weighted by molar-refractivity contribution is 7.98. The Labute approximate surface area is 148 Å². The molecular weight excluding hydrogens is 338 g/mol. The summed E-state index contributed by atoms with van der Waals surface area (Å²) in [7, 11) is 0. The first-order chi connectivity index (χ1) is 11.8. The van der Waals surface area contributed by atoms with Crippen molar-refractivity contribution in [3.63, 3.8) is 0 Å². The van der Waals surface area contributed by atoms with Crippen LogP contribution in [0.15, 0.2) is 45.4 Å². The molecule has 3 aromatic rings. The van der Waals surface area contributed by atoms with Crippen molar-refractivity contribution < 1.29 is 0 Å². The maximum Gasteiger partial charge on any atom is 0.283 e. The largest absolute Gasteiger partial charge is 0.283 e. The van der Waals surface area contributed by atoms with Gasteiger partial charge in [0.05, 0.1) is 11.6 Å². The minimum atomic E-state index is -0.0454. The second-order valence-corrected chi connectivity index (χ2v) is 7.62. The highest BCUT2D eigenvalue weighted by Crippen LogP contribution is 2.34. The molecular formula is C18H17N3OS2. The number of hydrogen-bond acceptors (Lipinski definition) is 5. The van der Waals surface area contributed by atoms with Crippen LogP contribution in [0.5, 0.6) is 0 Å². The minimum absolute atomic E-state index is 0.0454. The fraction of sp³-hybridized carbons (Fsp3) is 0.278.